The Morgan fingerprint density at radius 1 is 1.42 bits per heavy atom. The Balaban J connectivity index is 2.16. The Morgan fingerprint density at radius 3 is 2.63 bits per heavy atom. The highest BCUT2D eigenvalue weighted by Crippen LogP contribution is 2.24. The van der Waals surface area contributed by atoms with Crippen LogP contribution in [0.1, 0.15) is 19.8 Å². The fraction of sp³-hybridized carbons (Fsp3) is 0.500. The van der Waals surface area contributed by atoms with E-state index in [0.717, 1.165) is 12.8 Å². The molecule has 1 aromatic heterocycles. The number of hydrogen-bond acceptors (Lipinski definition) is 5. The zero-order valence-electron chi connectivity index (χ0n) is 10.6. The van der Waals surface area contributed by atoms with Crippen molar-refractivity contribution in [3.8, 4) is 6.07 Å². The highest BCUT2D eigenvalue weighted by Gasteiger charge is 2.27. The average molecular weight is 297 g/mol. The van der Waals surface area contributed by atoms with Gasteiger partial charge in [-0.25, -0.2) is 13.4 Å². The lowest BCUT2D eigenvalue weighted by Gasteiger charge is -2.15. The van der Waals surface area contributed by atoms with Crippen LogP contribution in [0.5, 0.6) is 0 Å². The summed E-state index contributed by atoms with van der Waals surface area (Å²) >= 11 is 1.31. The van der Waals surface area contributed by atoms with Crippen LogP contribution < -0.4 is 0 Å². The minimum Gasteiger partial charge on any atom is -0.249 e. The van der Waals surface area contributed by atoms with E-state index < -0.39 is 10.0 Å². The summed E-state index contributed by atoms with van der Waals surface area (Å²) in [6, 6.07) is 5.32. The number of aromatic nitrogens is 1. The Kier molecular flexibility index (Phi) is 4.45. The van der Waals surface area contributed by atoms with Crippen LogP contribution in [0.4, 0.5) is 0 Å². The van der Waals surface area contributed by atoms with Crippen LogP contribution in [0.2, 0.25) is 0 Å². The van der Waals surface area contributed by atoms with E-state index in [1.54, 1.807) is 19.1 Å². The van der Waals surface area contributed by atoms with E-state index in [9.17, 15) is 8.42 Å². The zero-order chi connectivity index (χ0) is 13.9. The zero-order valence-corrected chi connectivity index (χ0v) is 12.2. The number of hydrogen-bond donors (Lipinski definition) is 0. The number of nitriles is 1. The lowest BCUT2D eigenvalue weighted by molar-refractivity contribution is 0.477. The fourth-order valence-electron chi connectivity index (χ4n) is 1.87. The van der Waals surface area contributed by atoms with Gasteiger partial charge in [0.2, 0.25) is 10.0 Å². The maximum absolute atomic E-state index is 12.3. The fourth-order valence-corrected chi connectivity index (χ4v) is 4.01. The van der Waals surface area contributed by atoms with Crippen molar-refractivity contribution in [2.45, 2.75) is 34.9 Å². The highest BCUT2D eigenvalue weighted by atomic mass is 32.2. The smallest absolute Gasteiger partial charge is 0.244 e. The van der Waals surface area contributed by atoms with E-state index in [0.29, 0.717) is 18.1 Å². The number of rotatable bonds is 4. The second-order valence-electron chi connectivity index (χ2n) is 4.33. The summed E-state index contributed by atoms with van der Waals surface area (Å²) < 4.78 is 26.0. The standard InChI is InChI=1S/C12H15N3O2S2/c1-10(8-13)18-12-5-4-11(9-14-12)19(16,17)15-6-2-3-7-15/h4-5,9-10H,2-3,6-7H2,1H3/t10-/m1/s1. The first-order valence-electron chi connectivity index (χ1n) is 6.06. The summed E-state index contributed by atoms with van der Waals surface area (Å²) in [6.45, 7) is 2.95. The molecule has 0 radical (unpaired) electrons. The van der Waals surface area contributed by atoms with E-state index in [1.165, 1.54) is 22.3 Å². The number of thioether (sulfide) groups is 1. The number of sulfonamides is 1. The molecule has 1 aliphatic heterocycles. The second-order valence-corrected chi connectivity index (χ2v) is 7.63. The van der Waals surface area contributed by atoms with E-state index in [1.807, 2.05) is 0 Å². The van der Waals surface area contributed by atoms with Crippen molar-refractivity contribution in [2.24, 2.45) is 0 Å². The molecule has 7 heteroatoms. The van der Waals surface area contributed by atoms with Crippen molar-refractivity contribution >= 4 is 21.8 Å². The van der Waals surface area contributed by atoms with Gasteiger partial charge < -0.3 is 0 Å². The maximum atomic E-state index is 12.3. The number of nitrogens with zero attached hydrogens (tertiary/aromatic N) is 3. The third-order valence-electron chi connectivity index (χ3n) is 2.89. The molecule has 102 valence electrons. The average Bonchev–Trinajstić information content (AvgIpc) is 2.94. The van der Waals surface area contributed by atoms with Gasteiger partial charge in [-0.1, -0.05) is 11.8 Å². The molecule has 1 atom stereocenters. The summed E-state index contributed by atoms with van der Waals surface area (Å²) in [4.78, 5) is 4.34. The van der Waals surface area contributed by atoms with Crippen molar-refractivity contribution in [3.05, 3.63) is 18.3 Å². The molecule has 1 aliphatic rings. The summed E-state index contributed by atoms with van der Waals surface area (Å²) in [6.07, 6.45) is 3.21. The molecule has 0 bridgehead atoms. The van der Waals surface area contributed by atoms with Crippen LogP contribution in [0, 0.1) is 11.3 Å². The first-order valence-corrected chi connectivity index (χ1v) is 8.38. The molecule has 1 saturated heterocycles. The van der Waals surface area contributed by atoms with Gasteiger partial charge in [-0.2, -0.15) is 9.57 Å². The summed E-state index contributed by atoms with van der Waals surface area (Å²) in [5.41, 5.74) is 0. The third-order valence-corrected chi connectivity index (χ3v) is 5.72. The number of pyridine rings is 1. The molecule has 0 N–H and O–H groups in total. The molecular formula is C12H15N3O2S2. The van der Waals surface area contributed by atoms with Crippen LogP contribution in [0.3, 0.4) is 0 Å². The van der Waals surface area contributed by atoms with Crippen LogP contribution >= 0.6 is 11.8 Å². The molecule has 19 heavy (non-hydrogen) atoms. The minimum absolute atomic E-state index is 0.200. The largest absolute Gasteiger partial charge is 0.249 e. The molecule has 1 aromatic rings. The van der Waals surface area contributed by atoms with E-state index >= 15 is 0 Å². The van der Waals surface area contributed by atoms with Gasteiger partial charge in [0.05, 0.1) is 16.3 Å². The maximum Gasteiger partial charge on any atom is 0.244 e. The predicted molar refractivity (Wildman–Crippen MR) is 73.2 cm³/mol. The van der Waals surface area contributed by atoms with Crippen LogP contribution in [0.15, 0.2) is 28.3 Å². The molecule has 2 heterocycles. The molecule has 0 unspecified atom stereocenters. The third kappa shape index (κ3) is 3.26. The van der Waals surface area contributed by atoms with Crippen molar-refractivity contribution < 1.29 is 8.42 Å². The Labute approximate surface area is 117 Å². The highest BCUT2D eigenvalue weighted by molar-refractivity contribution is 8.00. The quantitative estimate of drug-likeness (QED) is 0.793. The molecule has 0 saturated carbocycles. The summed E-state index contributed by atoms with van der Waals surface area (Å²) in [7, 11) is -3.39. The predicted octanol–water partition coefficient (Wildman–Crippen LogP) is 1.87. The Hall–Kier alpha value is -1.10. The van der Waals surface area contributed by atoms with Crippen molar-refractivity contribution in [1.29, 1.82) is 5.26 Å². The lowest BCUT2D eigenvalue weighted by Crippen LogP contribution is -2.27. The summed E-state index contributed by atoms with van der Waals surface area (Å²) in [5.74, 6) is 0. The Bertz CT molecular complexity index is 572. The monoisotopic (exact) mass is 297 g/mol. The SMILES string of the molecule is C[C@H](C#N)Sc1ccc(S(=O)(=O)N2CCCC2)cn1. The van der Waals surface area contributed by atoms with E-state index in [-0.39, 0.29) is 10.1 Å². The first-order chi connectivity index (χ1) is 9.04. The molecule has 1 fully saturated rings. The molecule has 0 aromatic carbocycles. The van der Waals surface area contributed by atoms with Gasteiger partial charge in [0, 0.05) is 19.3 Å². The molecule has 0 aliphatic carbocycles. The van der Waals surface area contributed by atoms with Gasteiger partial charge in [-0.15, -0.1) is 0 Å². The van der Waals surface area contributed by atoms with Gasteiger partial charge in [0.25, 0.3) is 0 Å². The van der Waals surface area contributed by atoms with Crippen molar-refractivity contribution in [3.63, 3.8) is 0 Å². The minimum atomic E-state index is -3.39. The van der Waals surface area contributed by atoms with Gasteiger partial charge in [0.15, 0.2) is 0 Å². The molecule has 2 rings (SSSR count). The van der Waals surface area contributed by atoms with Gasteiger partial charge >= 0.3 is 0 Å². The summed E-state index contributed by atoms with van der Waals surface area (Å²) in [5, 5.41) is 9.18. The second kappa shape index (κ2) is 5.90. The van der Waals surface area contributed by atoms with Gasteiger partial charge in [-0.3, -0.25) is 0 Å². The van der Waals surface area contributed by atoms with E-state index in [2.05, 4.69) is 11.1 Å². The Morgan fingerprint density at radius 2 is 2.11 bits per heavy atom. The van der Waals surface area contributed by atoms with Gasteiger partial charge in [0.1, 0.15) is 4.90 Å². The molecule has 5 nitrogen and oxygen atoms in total. The van der Waals surface area contributed by atoms with Crippen LogP contribution in [0.25, 0.3) is 0 Å². The lowest BCUT2D eigenvalue weighted by atomic mass is 10.4. The van der Waals surface area contributed by atoms with E-state index in [4.69, 9.17) is 5.26 Å². The van der Waals surface area contributed by atoms with Crippen LogP contribution in [-0.4, -0.2) is 36.0 Å². The van der Waals surface area contributed by atoms with Gasteiger partial charge in [-0.05, 0) is 31.9 Å². The molecular weight excluding hydrogens is 282 g/mol. The topological polar surface area (TPSA) is 74.1 Å². The first kappa shape index (κ1) is 14.3. The molecule has 0 amide bonds. The molecule has 0 spiro atoms. The normalized spacial score (nSPS) is 18.1. The van der Waals surface area contributed by atoms with Crippen molar-refractivity contribution in [1.82, 2.24) is 9.29 Å². The van der Waals surface area contributed by atoms with Crippen molar-refractivity contribution in [2.75, 3.05) is 13.1 Å². The van der Waals surface area contributed by atoms with Crippen LogP contribution in [-0.2, 0) is 10.0 Å².